The fraction of sp³-hybridized carbons (Fsp3) is 0.250. The average Bonchev–Trinajstić information content (AvgIpc) is 2.35. The van der Waals surface area contributed by atoms with E-state index in [1.807, 2.05) is 32.2 Å². The molecule has 0 fully saturated rings. The van der Waals surface area contributed by atoms with Gasteiger partial charge in [0.2, 0.25) is 0 Å². The molecule has 100 valence electrons. The van der Waals surface area contributed by atoms with Crippen LogP contribution in [0, 0.1) is 12.7 Å². The number of nitrogens with two attached hydrogens (primary N) is 1. The van der Waals surface area contributed by atoms with Crippen molar-refractivity contribution >= 4 is 5.69 Å². The summed E-state index contributed by atoms with van der Waals surface area (Å²) in [4.78, 5) is 2.15. The number of hydrogen-bond acceptors (Lipinski definition) is 2. The number of hydrogen-bond donors (Lipinski definition) is 1. The van der Waals surface area contributed by atoms with Crippen LogP contribution in [0.4, 0.5) is 10.1 Å². The SMILES string of the molecule is Cc1c(N)cccc1CN(C)Cc1cccc(F)c1. The van der Waals surface area contributed by atoms with Crippen LogP contribution in [0.2, 0.25) is 0 Å². The molecule has 19 heavy (non-hydrogen) atoms. The Balaban J connectivity index is 2.05. The van der Waals surface area contributed by atoms with Gasteiger partial charge in [-0.15, -0.1) is 0 Å². The highest BCUT2D eigenvalue weighted by atomic mass is 19.1. The third-order valence-corrected chi connectivity index (χ3v) is 3.27. The van der Waals surface area contributed by atoms with Gasteiger partial charge in [0.1, 0.15) is 5.82 Å². The first-order valence-corrected chi connectivity index (χ1v) is 6.33. The molecule has 2 rings (SSSR count). The summed E-state index contributed by atoms with van der Waals surface area (Å²) in [6.07, 6.45) is 0. The van der Waals surface area contributed by atoms with Crippen LogP contribution < -0.4 is 5.73 Å². The minimum atomic E-state index is -0.189. The third kappa shape index (κ3) is 3.55. The molecule has 0 heterocycles. The zero-order chi connectivity index (χ0) is 13.8. The number of benzene rings is 2. The maximum atomic E-state index is 13.1. The van der Waals surface area contributed by atoms with Crippen molar-refractivity contribution in [2.45, 2.75) is 20.0 Å². The molecule has 0 atom stereocenters. The molecule has 2 N–H and O–H groups in total. The van der Waals surface area contributed by atoms with E-state index in [4.69, 9.17) is 5.73 Å². The van der Waals surface area contributed by atoms with E-state index in [-0.39, 0.29) is 5.82 Å². The number of rotatable bonds is 4. The minimum Gasteiger partial charge on any atom is -0.399 e. The van der Waals surface area contributed by atoms with Gasteiger partial charge in [0.15, 0.2) is 0 Å². The van der Waals surface area contributed by atoms with Crippen molar-refractivity contribution in [3.05, 3.63) is 65.0 Å². The van der Waals surface area contributed by atoms with E-state index in [1.54, 1.807) is 12.1 Å². The molecule has 2 aromatic rings. The van der Waals surface area contributed by atoms with Gasteiger partial charge in [0.05, 0.1) is 0 Å². The minimum absolute atomic E-state index is 0.189. The fourth-order valence-electron chi connectivity index (χ4n) is 2.17. The Labute approximate surface area is 113 Å². The van der Waals surface area contributed by atoms with E-state index >= 15 is 0 Å². The topological polar surface area (TPSA) is 29.3 Å². The summed E-state index contributed by atoms with van der Waals surface area (Å²) in [6, 6.07) is 12.7. The van der Waals surface area contributed by atoms with Crippen LogP contribution in [0.15, 0.2) is 42.5 Å². The summed E-state index contributed by atoms with van der Waals surface area (Å²) < 4.78 is 13.1. The molecule has 0 unspecified atom stereocenters. The zero-order valence-corrected chi connectivity index (χ0v) is 11.4. The summed E-state index contributed by atoms with van der Waals surface area (Å²) in [5.74, 6) is -0.189. The predicted molar refractivity (Wildman–Crippen MR) is 77.2 cm³/mol. The van der Waals surface area contributed by atoms with Crippen LogP contribution >= 0.6 is 0 Å². The molecule has 0 saturated carbocycles. The molecule has 0 aromatic heterocycles. The molecule has 2 aromatic carbocycles. The van der Waals surface area contributed by atoms with Crippen molar-refractivity contribution in [1.82, 2.24) is 4.90 Å². The summed E-state index contributed by atoms with van der Waals surface area (Å²) in [7, 11) is 2.02. The zero-order valence-electron chi connectivity index (χ0n) is 11.4. The van der Waals surface area contributed by atoms with E-state index in [1.165, 1.54) is 11.6 Å². The molecule has 0 aliphatic rings. The Morgan fingerprint density at radius 2 is 1.84 bits per heavy atom. The largest absolute Gasteiger partial charge is 0.399 e. The van der Waals surface area contributed by atoms with Crippen LogP contribution in [0.25, 0.3) is 0 Å². The molecule has 0 bridgehead atoms. The highest BCUT2D eigenvalue weighted by molar-refractivity contribution is 5.49. The summed E-state index contributed by atoms with van der Waals surface area (Å²) in [5.41, 5.74) is 10.0. The fourth-order valence-corrected chi connectivity index (χ4v) is 2.17. The van der Waals surface area contributed by atoms with E-state index < -0.39 is 0 Å². The monoisotopic (exact) mass is 258 g/mol. The second-order valence-electron chi connectivity index (χ2n) is 4.93. The van der Waals surface area contributed by atoms with Gasteiger partial charge in [-0.25, -0.2) is 4.39 Å². The molecular weight excluding hydrogens is 239 g/mol. The lowest BCUT2D eigenvalue weighted by molar-refractivity contribution is 0.318. The van der Waals surface area contributed by atoms with Crippen LogP contribution in [0.1, 0.15) is 16.7 Å². The standard InChI is InChI=1S/C16H19FN2/c1-12-14(6-4-8-16(12)18)11-19(2)10-13-5-3-7-15(17)9-13/h3-9H,10-11,18H2,1-2H3. The molecule has 0 spiro atoms. The molecule has 3 heteroatoms. The average molecular weight is 258 g/mol. The Bertz CT molecular complexity index is 566. The first-order chi connectivity index (χ1) is 9.06. The van der Waals surface area contributed by atoms with Crippen molar-refractivity contribution in [2.75, 3.05) is 12.8 Å². The van der Waals surface area contributed by atoms with Crippen molar-refractivity contribution in [3.8, 4) is 0 Å². The first-order valence-electron chi connectivity index (χ1n) is 6.33. The van der Waals surface area contributed by atoms with Crippen molar-refractivity contribution < 1.29 is 4.39 Å². The van der Waals surface area contributed by atoms with E-state index in [0.29, 0.717) is 6.54 Å². The Morgan fingerprint density at radius 3 is 2.58 bits per heavy atom. The number of nitrogens with zero attached hydrogens (tertiary/aromatic N) is 1. The highest BCUT2D eigenvalue weighted by Crippen LogP contribution is 2.17. The molecule has 2 nitrogen and oxygen atoms in total. The number of halogens is 1. The van der Waals surface area contributed by atoms with Gasteiger partial charge in [-0.3, -0.25) is 4.90 Å². The van der Waals surface area contributed by atoms with Gasteiger partial charge in [0.25, 0.3) is 0 Å². The Morgan fingerprint density at radius 1 is 1.11 bits per heavy atom. The third-order valence-electron chi connectivity index (χ3n) is 3.27. The lowest BCUT2D eigenvalue weighted by atomic mass is 10.1. The van der Waals surface area contributed by atoms with Gasteiger partial charge >= 0.3 is 0 Å². The molecular formula is C16H19FN2. The van der Waals surface area contributed by atoms with Crippen molar-refractivity contribution in [3.63, 3.8) is 0 Å². The van der Waals surface area contributed by atoms with Crippen LogP contribution in [-0.2, 0) is 13.1 Å². The smallest absolute Gasteiger partial charge is 0.123 e. The summed E-state index contributed by atoms with van der Waals surface area (Å²) >= 11 is 0. The van der Waals surface area contributed by atoms with Gasteiger partial charge in [-0.05, 0) is 48.9 Å². The summed E-state index contributed by atoms with van der Waals surface area (Å²) in [5, 5.41) is 0. The van der Waals surface area contributed by atoms with Crippen molar-refractivity contribution in [2.24, 2.45) is 0 Å². The predicted octanol–water partition coefficient (Wildman–Crippen LogP) is 3.35. The molecule has 0 radical (unpaired) electrons. The van der Waals surface area contributed by atoms with Crippen LogP contribution in [-0.4, -0.2) is 11.9 Å². The van der Waals surface area contributed by atoms with Crippen LogP contribution in [0.3, 0.4) is 0 Å². The maximum absolute atomic E-state index is 13.1. The second-order valence-corrected chi connectivity index (χ2v) is 4.93. The quantitative estimate of drug-likeness (QED) is 0.852. The lowest BCUT2D eigenvalue weighted by Gasteiger charge is -2.18. The van der Waals surface area contributed by atoms with Crippen LogP contribution in [0.5, 0.6) is 0 Å². The number of anilines is 1. The normalized spacial score (nSPS) is 10.9. The first kappa shape index (κ1) is 13.6. The lowest BCUT2D eigenvalue weighted by Crippen LogP contribution is -2.18. The molecule has 0 saturated heterocycles. The molecule has 0 aliphatic carbocycles. The van der Waals surface area contributed by atoms with Gasteiger partial charge in [0, 0.05) is 18.8 Å². The Kier molecular flexibility index (Phi) is 4.17. The molecule has 0 amide bonds. The summed E-state index contributed by atoms with van der Waals surface area (Å²) in [6.45, 7) is 3.54. The van der Waals surface area contributed by atoms with E-state index in [0.717, 1.165) is 23.4 Å². The van der Waals surface area contributed by atoms with Gasteiger partial charge < -0.3 is 5.73 Å². The maximum Gasteiger partial charge on any atom is 0.123 e. The van der Waals surface area contributed by atoms with E-state index in [9.17, 15) is 4.39 Å². The Hall–Kier alpha value is -1.87. The highest BCUT2D eigenvalue weighted by Gasteiger charge is 2.06. The van der Waals surface area contributed by atoms with E-state index in [2.05, 4.69) is 11.0 Å². The second kappa shape index (κ2) is 5.85. The number of nitrogen functional groups attached to an aromatic ring is 1. The molecule has 0 aliphatic heterocycles. The van der Waals surface area contributed by atoms with Gasteiger partial charge in [-0.1, -0.05) is 24.3 Å². The van der Waals surface area contributed by atoms with Gasteiger partial charge in [-0.2, -0.15) is 0 Å². The van der Waals surface area contributed by atoms with Crippen molar-refractivity contribution in [1.29, 1.82) is 0 Å².